The summed E-state index contributed by atoms with van der Waals surface area (Å²) in [5, 5.41) is 2.76. The van der Waals surface area contributed by atoms with Crippen molar-refractivity contribution >= 4 is 23.3 Å². The van der Waals surface area contributed by atoms with Gasteiger partial charge in [-0.15, -0.1) is 0 Å². The zero-order valence-electron chi connectivity index (χ0n) is 14.1. The molecule has 0 saturated carbocycles. The Morgan fingerprint density at radius 2 is 1.88 bits per heavy atom. The van der Waals surface area contributed by atoms with Gasteiger partial charge in [-0.3, -0.25) is 14.4 Å². The molecule has 0 saturated heterocycles. The van der Waals surface area contributed by atoms with Crippen LogP contribution in [0, 0.1) is 11.8 Å². The van der Waals surface area contributed by atoms with Crippen LogP contribution in [-0.2, 0) is 14.3 Å². The maximum Gasteiger partial charge on any atom is 0.309 e. The molecule has 0 heterocycles. The molecule has 2 rings (SSSR count). The molecule has 5 nitrogen and oxygen atoms in total. The van der Waals surface area contributed by atoms with Gasteiger partial charge in [-0.1, -0.05) is 26.0 Å². The Kier molecular flexibility index (Phi) is 6.29. The molecule has 1 atom stereocenters. The second-order valence-electron chi connectivity index (χ2n) is 6.23. The minimum absolute atomic E-state index is 0.0791. The predicted molar refractivity (Wildman–Crippen MR) is 91.7 cm³/mol. The molecule has 1 amide bonds. The van der Waals surface area contributed by atoms with Crippen LogP contribution in [0.3, 0.4) is 0 Å². The van der Waals surface area contributed by atoms with Crippen LogP contribution >= 0.6 is 0 Å². The first kappa shape index (κ1) is 17.9. The number of allylic oxidation sites excluding steroid dienone is 2. The number of rotatable bonds is 6. The molecule has 5 heteroatoms. The van der Waals surface area contributed by atoms with Crippen LogP contribution in [0.1, 0.15) is 43.5 Å². The number of nitrogens with one attached hydrogen (secondary N) is 1. The average molecular weight is 329 g/mol. The number of ketones is 1. The number of carbonyl (C=O) groups is 3. The van der Waals surface area contributed by atoms with Crippen molar-refractivity contribution in [1.29, 1.82) is 0 Å². The van der Waals surface area contributed by atoms with E-state index in [-0.39, 0.29) is 36.1 Å². The number of benzene rings is 1. The largest absolute Gasteiger partial charge is 0.457 e. The minimum Gasteiger partial charge on any atom is -0.457 e. The lowest BCUT2D eigenvalue weighted by Crippen LogP contribution is -2.22. The van der Waals surface area contributed by atoms with E-state index < -0.39 is 0 Å². The summed E-state index contributed by atoms with van der Waals surface area (Å²) in [5.74, 6) is -0.897. The SMILES string of the molecule is CC(C)C(=O)Nc1ccc(C(=O)COC(=O)[C@@H]2CC=CCC2)cc1. The van der Waals surface area contributed by atoms with E-state index in [0.717, 1.165) is 12.8 Å². The highest BCUT2D eigenvalue weighted by Crippen LogP contribution is 2.19. The average Bonchev–Trinajstić information content (AvgIpc) is 2.60. The van der Waals surface area contributed by atoms with Crippen molar-refractivity contribution in [2.24, 2.45) is 11.8 Å². The normalized spacial score (nSPS) is 16.7. The fourth-order valence-corrected chi connectivity index (χ4v) is 2.37. The van der Waals surface area contributed by atoms with Crippen LogP contribution in [0.25, 0.3) is 0 Å². The van der Waals surface area contributed by atoms with Gasteiger partial charge in [0, 0.05) is 17.2 Å². The molecule has 0 unspecified atom stereocenters. The van der Waals surface area contributed by atoms with Gasteiger partial charge < -0.3 is 10.1 Å². The van der Waals surface area contributed by atoms with Crippen molar-refractivity contribution in [3.63, 3.8) is 0 Å². The molecular weight excluding hydrogens is 306 g/mol. The van der Waals surface area contributed by atoms with Gasteiger partial charge in [-0.25, -0.2) is 0 Å². The van der Waals surface area contributed by atoms with Gasteiger partial charge in [-0.05, 0) is 43.5 Å². The van der Waals surface area contributed by atoms with Gasteiger partial charge in [0.1, 0.15) is 0 Å². The third-order valence-electron chi connectivity index (χ3n) is 3.95. The highest BCUT2D eigenvalue weighted by molar-refractivity contribution is 5.99. The van der Waals surface area contributed by atoms with Gasteiger partial charge in [-0.2, -0.15) is 0 Å². The van der Waals surface area contributed by atoms with Gasteiger partial charge in [0.25, 0.3) is 0 Å². The zero-order valence-corrected chi connectivity index (χ0v) is 14.1. The lowest BCUT2D eigenvalue weighted by molar-refractivity contribution is -0.147. The zero-order chi connectivity index (χ0) is 17.5. The number of carbonyl (C=O) groups excluding carboxylic acids is 3. The summed E-state index contributed by atoms with van der Waals surface area (Å²) in [6, 6.07) is 6.58. The maximum absolute atomic E-state index is 12.1. The smallest absolute Gasteiger partial charge is 0.309 e. The van der Waals surface area contributed by atoms with Crippen molar-refractivity contribution in [1.82, 2.24) is 0 Å². The molecule has 24 heavy (non-hydrogen) atoms. The minimum atomic E-state index is -0.312. The molecule has 0 radical (unpaired) electrons. The number of Topliss-reactive ketones (excluding diaryl/α,β-unsaturated/α-hetero) is 1. The van der Waals surface area contributed by atoms with Crippen LogP contribution in [0.15, 0.2) is 36.4 Å². The maximum atomic E-state index is 12.1. The molecule has 1 N–H and O–H groups in total. The monoisotopic (exact) mass is 329 g/mol. The van der Waals surface area contributed by atoms with E-state index in [4.69, 9.17) is 4.74 Å². The molecule has 1 aliphatic carbocycles. The topological polar surface area (TPSA) is 72.5 Å². The summed E-state index contributed by atoms with van der Waals surface area (Å²) in [6.45, 7) is 3.37. The van der Waals surface area contributed by atoms with E-state index in [1.165, 1.54) is 0 Å². The van der Waals surface area contributed by atoms with Gasteiger partial charge in [0.05, 0.1) is 5.92 Å². The molecule has 1 aromatic rings. The first-order valence-corrected chi connectivity index (χ1v) is 8.23. The van der Waals surface area contributed by atoms with E-state index >= 15 is 0 Å². The van der Waals surface area contributed by atoms with Gasteiger partial charge >= 0.3 is 5.97 Å². The molecule has 0 aliphatic heterocycles. The Morgan fingerprint density at radius 3 is 2.46 bits per heavy atom. The number of hydrogen-bond donors (Lipinski definition) is 1. The number of hydrogen-bond acceptors (Lipinski definition) is 4. The summed E-state index contributed by atoms with van der Waals surface area (Å²) in [6.07, 6.45) is 6.35. The highest BCUT2D eigenvalue weighted by atomic mass is 16.5. The summed E-state index contributed by atoms with van der Waals surface area (Å²) < 4.78 is 5.13. The van der Waals surface area contributed by atoms with E-state index in [1.807, 2.05) is 19.9 Å². The number of esters is 1. The molecule has 0 spiro atoms. The van der Waals surface area contributed by atoms with Gasteiger partial charge in [0.2, 0.25) is 5.91 Å². The molecule has 0 fully saturated rings. The summed E-state index contributed by atoms with van der Waals surface area (Å²) in [5.41, 5.74) is 1.09. The van der Waals surface area contributed by atoms with Gasteiger partial charge in [0.15, 0.2) is 12.4 Å². The fourth-order valence-electron chi connectivity index (χ4n) is 2.37. The van der Waals surface area contributed by atoms with E-state index in [0.29, 0.717) is 17.7 Å². The van der Waals surface area contributed by atoms with Crippen LogP contribution in [-0.4, -0.2) is 24.3 Å². The highest BCUT2D eigenvalue weighted by Gasteiger charge is 2.21. The van der Waals surface area contributed by atoms with Crippen molar-refractivity contribution in [2.45, 2.75) is 33.1 Å². The Bertz CT molecular complexity index is 631. The first-order chi connectivity index (χ1) is 11.5. The predicted octanol–water partition coefficient (Wildman–Crippen LogP) is 3.36. The third kappa shape index (κ3) is 5.05. The number of anilines is 1. The van der Waals surface area contributed by atoms with Crippen LogP contribution < -0.4 is 5.32 Å². The fraction of sp³-hybridized carbons (Fsp3) is 0.421. The molecule has 0 aromatic heterocycles. The van der Waals surface area contributed by atoms with Crippen molar-refractivity contribution in [3.8, 4) is 0 Å². The molecule has 0 bridgehead atoms. The van der Waals surface area contributed by atoms with E-state index in [2.05, 4.69) is 11.4 Å². The number of ether oxygens (including phenoxy) is 1. The molecule has 1 aliphatic rings. The molecule has 1 aromatic carbocycles. The van der Waals surface area contributed by atoms with E-state index in [9.17, 15) is 14.4 Å². The summed E-state index contributed by atoms with van der Waals surface area (Å²) in [4.78, 5) is 35.6. The quantitative estimate of drug-likeness (QED) is 0.493. The van der Waals surface area contributed by atoms with Crippen molar-refractivity contribution in [3.05, 3.63) is 42.0 Å². The summed E-state index contributed by atoms with van der Waals surface area (Å²) in [7, 11) is 0. The molecular formula is C19H23NO4. The second-order valence-corrected chi connectivity index (χ2v) is 6.23. The van der Waals surface area contributed by atoms with E-state index in [1.54, 1.807) is 24.3 Å². The Hall–Kier alpha value is -2.43. The Morgan fingerprint density at radius 1 is 1.17 bits per heavy atom. The third-order valence-corrected chi connectivity index (χ3v) is 3.95. The lowest BCUT2D eigenvalue weighted by atomic mass is 9.95. The Balaban J connectivity index is 1.85. The standard InChI is InChI=1S/C19H23NO4/c1-13(2)18(22)20-16-10-8-14(9-11-16)17(21)12-24-19(23)15-6-4-3-5-7-15/h3-4,8-11,13,15H,5-7,12H2,1-2H3,(H,20,22)/t15-/m1/s1. The molecule has 128 valence electrons. The number of amides is 1. The lowest BCUT2D eigenvalue weighted by Gasteiger charge is -2.16. The first-order valence-electron chi connectivity index (χ1n) is 8.23. The summed E-state index contributed by atoms with van der Waals surface area (Å²) >= 11 is 0. The van der Waals surface area contributed by atoms with Crippen LogP contribution in [0.2, 0.25) is 0 Å². The van der Waals surface area contributed by atoms with Crippen molar-refractivity contribution in [2.75, 3.05) is 11.9 Å². The van der Waals surface area contributed by atoms with Crippen LogP contribution in [0.4, 0.5) is 5.69 Å². The Labute approximate surface area is 142 Å². The van der Waals surface area contributed by atoms with Crippen LogP contribution in [0.5, 0.6) is 0 Å². The van der Waals surface area contributed by atoms with Crippen molar-refractivity contribution < 1.29 is 19.1 Å². The second kappa shape index (κ2) is 8.43.